The van der Waals surface area contributed by atoms with Crippen LogP contribution in [0.2, 0.25) is 0 Å². The van der Waals surface area contributed by atoms with Gasteiger partial charge in [0.2, 0.25) is 5.78 Å². The fourth-order valence-corrected chi connectivity index (χ4v) is 3.25. The maximum Gasteiger partial charge on any atom is 0.204 e. The van der Waals surface area contributed by atoms with Crippen LogP contribution in [0.25, 0.3) is 0 Å². The summed E-state index contributed by atoms with van der Waals surface area (Å²) in [5.41, 5.74) is 0.737. The lowest BCUT2D eigenvalue weighted by atomic mass is 10.1. The molecule has 1 heterocycles. The Bertz CT molecular complexity index is 502. The average molecular weight is 313 g/mol. The van der Waals surface area contributed by atoms with Crippen molar-refractivity contribution >= 4 is 44.8 Å². The highest BCUT2D eigenvalue weighted by Gasteiger charge is 2.13. The maximum absolute atomic E-state index is 12.1. The number of hydrogen-bond donors (Lipinski definition) is 0. The van der Waals surface area contributed by atoms with Gasteiger partial charge in [0.05, 0.1) is 4.88 Å². The van der Waals surface area contributed by atoms with Crippen LogP contribution in [-0.2, 0) is 0 Å². The molecule has 0 aliphatic heterocycles. The molecule has 0 fully saturated rings. The van der Waals surface area contributed by atoms with Gasteiger partial charge in [-0.1, -0.05) is 0 Å². The molecular formula is C12H9BrOS2. The van der Waals surface area contributed by atoms with Crippen LogP contribution < -0.4 is 0 Å². The molecule has 82 valence electrons. The molecule has 0 saturated heterocycles. The van der Waals surface area contributed by atoms with E-state index in [4.69, 9.17) is 0 Å². The number of hydrogen-bond acceptors (Lipinski definition) is 3. The molecular weight excluding hydrogens is 304 g/mol. The molecule has 2 rings (SSSR count). The van der Waals surface area contributed by atoms with Crippen molar-refractivity contribution < 1.29 is 4.79 Å². The smallest absolute Gasteiger partial charge is 0.204 e. The lowest BCUT2D eigenvalue weighted by Gasteiger charge is -2.00. The zero-order chi connectivity index (χ0) is 11.5. The van der Waals surface area contributed by atoms with Crippen molar-refractivity contribution in [2.75, 3.05) is 6.26 Å². The lowest BCUT2D eigenvalue weighted by molar-refractivity contribution is 0.104. The summed E-state index contributed by atoms with van der Waals surface area (Å²) in [7, 11) is 0. The van der Waals surface area contributed by atoms with Gasteiger partial charge >= 0.3 is 0 Å². The van der Waals surface area contributed by atoms with Gasteiger partial charge in [-0.05, 0) is 57.9 Å². The van der Waals surface area contributed by atoms with Crippen LogP contribution in [0.5, 0.6) is 0 Å². The predicted octanol–water partition coefficient (Wildman–Crippen LogP) is 4.46. The topological polar surface area (TPSA) is 17.1 Å². The molecule has 0 radical (unpaired) electrons. The van der Waals surface area contributed by atoms with Crippen LogP contribution >= 0.6 is 39.0 Å². The summed E-state index contributed by atoms with van der Waals surface area (Å²) < 4.78 is 0.872. The molecule has 0 unspecified atom stereocenters. The minimum atomic E-state index is 0.0783. The molecule has 0 aliphatic rings. The lowest BCUT2D eigenvalue weighted by Crippen LogP contribution is -1.98. The van der Waals surface area contributed by atoms with Crippen LogP contribution in [0.4, 0.5) is 0 Å². The van der Waals surface area contributed by atoms with Gasteiger partial charge in [-0.15, -0.1) is 23.1 Å². The Morgan fingerprint density at radius 1 is 1.25 bits per heavy atom. The Kier molecular flexibility index (Phi) is 3.84. The molecule has 0 saturated carbocycles. The standard InChI is InChI=1S/C12H9BrOS2/c1-15-9-4-2-8(3-5-9)11(14)12-10(13)6-7-16-12/h2-7H,1H3. The van der Waals surface area contributed by atoms with Crippen LogP contribution in [-0.4, -0.2) is 12.0 Å². The fraction of sp³-hybridized carbons (Fsp3) is 0.0833. The van der Waals surface area contributed by atoms with Crippen molar-refractivity contribution in [1.29, 1.82) is 0 Å². The Balaban J connectivity index is 2.31. The second-order valence-electron chi connectivity index (χ2n) is 3.16. The van der Waals surface area contributed by atoms with Crippen molar-refractivity contribution in [3.63, 3.8) is 0 Å². The minimum Gasteiger partial charge on any atom is -0.288 e. The SMILES string of the molecule is CSc1ccc(C(=O)c2sccc2Br)cc1. The number of rotatable bonds is 3. The first-order valence-electron chi connectivity index (χ1n) is 4.64. The van der Waals surface area contributed by atoms with E-state index in [0.717, 1.165) is 14.9 Å². The molecule has 1 aromatic heterocycles. The molecule has 1 nitrogen and oxygen atoms in total. The van der Waals surface area contributed by atoms with Crippen molar-refractivity contribution in [2.45, 2.75) is 4.90 Å². The molecule has 16 heavy (non-hydrogen) atoms. The summed E-state index contributed by atoms with van der Waals surface area (Å²) in [5.74, 6) is 0.0783. The number of carbonyl (C=O) groups is 1. The van der Waals surface area contributed by atoms with E-state index in [1.165, 1.54) is 16.2 Å². The van der Waals surface area contributed by atoms with Gasteiger partial charge in [0.1, 0.15) is 0 Å². The van der Waals surface area contributed by atoms with E-state index < -0.39 is 0 Å². The van der Waals surface area contributed by atoms with Gasteiger partial charge in [0, 0.05) is 14.9 Å². The first-order chi connectivity index (χ1) is 7.72. The molecule has 0 spiro atoms. The summed E-state index contributed by atoms with van der Waals surface area (Å²) >= 11 is 6.51. The molecule has 0 atom stereocenters. The quantitative estimate of drug-likeness (QED) is 0.614. The van der Waals surface area contributed by atoms with Crippen LogP contribution in [0.1, 0.15) is 15.2 Å². The van der Waals surface area contributed by atoms with Crippen molar-refractivity contribution in [2.24, 2.45) is 0 Å². The van der Waals surface area contributed by atoms with Crippen LogP contribution in [0, 0.1) is 0 Å². The summed E-state index contributed by atoms with van der Waals surface area (Å²) in [6.07, 6.45) is 2.02. The van der Waals surface area contributed by atoms with Gasteiger partial charge in [-0.2, -0.15) is 0 Å². The van der Waals surface area contributed by atoms with Gasteiger partial charge in [0.15, 0.2) is 0 Å². The third kappa shape index (κ3) is 2.39. The second kappa shape index (κ2) is 5.17. The molecule has 0 amide bonds. The summed E-state index contributed by atoms with van der Waals surface area (Å²) in [4.78, 5) is 14.0. The Morgan fingerprint density at radius 3 is 2.44 bits per heavy atom. The Hall–Kier alpha value is -0.580. The largest absolute Gasteiger partial charge is 0.288 e. The highest BCUT2D eigenvalue weighted by atomic mass is 79.9. The molecule has 0 aliphatic carbocycles. The molecule has 0 N–H and O–H groups in total. The normalized spacial score (nSPS) is 10.4. The van der Waals surface area contributed by atoms with Crippen molar-refractivity contribution in [1.82, 2.24) is 0 Å². The first-order valence-corrected chi connectivity index (χ1v) is 7.54. The maximum atomic E-state index is 12.1. The van der Waals surface area contributed by atoms with E-state index in [1.54, 1.807) is 11.8 Å². The zero-order valence-corrected chi connectivity index (χ0v) is 11.8. The second-order valence-corrected chi connectivity index (χ2v) is 5.81. The van der Waals surface area contributed by atoms with E-state index in [2.05, 4.69) is 15.9 Å². The first kappa shape index (κ1) is 11.9. The molecule has 4 heteroatoms. The van der Waals surface area contributed by atoms with E-state index in [1.807, 2.05) is 42.0 Å². The van der Waals surface area contributed by atoms with Gasteiger partial charge < -0.3 is 0 Å². The number of benzene rings is 1. The summed E-state index contributed by atoms with van der Waals surface area (Å²) in [5, 5.41) is 1.91. The number of thioether (sulfide) groups is 1. The van der Waals surface area contributed by atoms with Crippen molar-refractivity contribution in [3.05, 3.63) is 50.6 Å². The van der Waals surface area contributed by atoms with Crippen LogP contribution in [0.15, 0.2) is 45.1 Å². The zero-order valence-electron chi connectivity index (χ0n) is 8.57. The third-order valence-electron chi connectivity index (χ3n) is 2.18. The number of ketones is 1. The predicted molar refractivity (Wildman–Crippen MR) is 73.7 cm³/mol. The Labute approximate surface area is 111 Å². The third-order valence-corrected chi connectivity index (χ3v) is 4.76. The van der Waals surface area contributed by atoms with E-state index >= 15 is 0 Å². The minimum absolute atomic E-state index is 0.0783. The number of thiophene rings is 1. The summed E-state index contributed by atoms with van der Waals surface area (Å²) in [6.45, 7) is 0. The Morgan fingerprint density at radius 2 is 1.94 bits per heavy atom. The fourth-order valence-electron chi connectivity index (χ4n) is 1.33. The molecule has 1 aromatic carbocycles. The molecule has 2 aromatic rings. The number of halogens is 1. The molecule has 0 bridgehead atoms. The summed E-state index contributed by atoms with van der Waals surface area (Å²) in [6, 6.07) is 9.59. The van der Waals surface area contributed by atoms with Gasteiger partial charge in [-0.3, -0.25) is 4.79 Å². The average Bonchev–Trinajstić information content (AvgIpc) is 2.75. The van der Waals surface area contributed by atoms with Gasteiger partial charge in [0.25, 0.3) is 0 Å². The highest BCUT2D eigenvalue weighted by molar-refractivity contribution is 9.10. The van der Waals surface area contributed by atoms with Crippen molar-refractivity contribution in [3.8, 4) is 0 Å². The van der Waals surface area contributed by atoms with E-state index in [9.17, 15) is 4.79 Å². The number of carbonyl (C=O) groups excluding carboxylic acids is 1. The van der Waals surface area contributed by atoms with E-state index in [-0.39, 0.29) is 5.78 Å². The highest BCUT2D eigenvalue weighted by Crippen LogP contribution is 2.26. The monoisotopic (exact) mass is 312 g/mol. The van der Waals surface area contributed by atoms with Crippen LogP contribution in [0.3, 0.4) is 0 Å². The van der Waals surface area contributed by atoms with E-state index in [0.29, 0.717) is 0 Å². The van der Waals surface area contributed by atoms with Gasteiger partial charge in [-0.25, -0.2) is 0 Å².